The second-order valence-electron chi connectivity index (χ2n) is 4.19. The zero-order valence-electron chi connectivity index (χ0n) is 10.7. The molecule has 0 aromatic rings. The van der Waals surface area contributed by atoms with Gasteiger partial charge in [-0.05, 0) is 19.3 Å². The molecular weight excluding hydrogens is 202 g/mol. The third-order valence-corrected chi connectivity index (χ3v) is 2.76. The van der Waals surface area contributed by atoms with Crippen molar-refractivity contribution < 1.29 is 9.53 Å². The van der Waals surface area contributed by atoms with Crippen LogP contribution in [-0.4, -0.2) is 12.6 Å². The Morgan fingerprint density at radius 3 is 2.50 bits per heavy atom. The molecule has 0 unspecified atom stereocenters. The van der Waals surface area contributed by atoms with Crippen molar-refractivity contribution in [1.82, 2.24) is 0 Å². The van der Waals surface area contributed by atoms with E-state index >= 15 is 0 Å². The van der Waals surface area contributed by atoms with E-state index in [1.54, 1.807) is 6.92 Å². The fourth-order valence-electron chi connectivity index (χ4n) is 1.70. The summed E-state index contributed by atoms with van der Waals surface area (Å²) in [4.78, 5) is 11.5. The quantitative estimate of drug-likeness (QED) is 0.470. The van der Waals surface area contributed by atoms with Crippen molar-refractivity contribution in [1.29, 1.82) is 5.26 Å². The van der Waals surface area contributed by atoms with Gasteiger partial charge >= 0.3 is 5.97 Å². The van der Waals surface area contributed by atoms with Crippen molar-refractivity contribution in [3.63, 3.8) is 0 Å². The van der Waals surface area contributed by atoms with Gasteiger partial charge in [0.25, 0.3) is 0 Å². The van der Waals surface area contributed by atoms with Crippen LogP contribution < -0.4 is 0 Å². The molecule has 0 saturated heterocycles. The average Bonchev–Trinajstić information content (AvgIpc) is 2.26. The van der Waals surface area contributed by atoms with E-state index in [9.17, 15) is 4.79 Å². The predicted octanol–water partition coefficient (Wildman–Crippen LogP) is 3.30. The lowest BCUT2D eigenvalue weighted by molar-refractivity contribution is -0.147. The number of hydrogen-bond donors (Lipinski definition) is 0. The summed E-state index contributed by atoms with van der Waals surface area (Å²) in [6, 6.07) is 2.05. The van der Waals surface area contributed by atoms with Gasteiger partial charge in [-0.15, -0.1) is 0 Å². The number of ether oxygens (including phenoxy) is 1. The molecule has 0 aliphatic carbocycles. The first-order valence-corrected chi connectivity index (χ1v) is 6.23. The van der Waals surface area contributed by atoms with Crippen molar-refractivity contribution in [2.45, 2.75) is 52.9 Å². The minimum Gasteiger partial charge on any atom is -0.465 e. The van der Waals surface area contributed by atoms with Crippen LogP contribution in [-0.2, 0) is 9.53 Å². The molecule has 16 heavy (non-hydrogen) atoms. The lowest BCUT2D eigenvalue weighted by Gasteiger charge is -2.15. The second kappa shape index (κ2) is 9.21. The number of esters is 1. The van der Waals surface area contributed by atoms with Gasteiger partial charge in [-0.1, -0.05) is 39.5 Å². The molecule has 3 nitrogen and oxygen atoms in total. The lowest BCUT2D eigenvalue weighted by atomic mass is 9.90. The molecule has 92 valence electrons. The monoisotopic (exact) mass is 225 g/mol. The minimum atomic E-state index is -0.596. The van der Waals surface area contributed by atoms with Crippen LogP contribution in [0.5, 0.6) is 0 Å². The Bertz CT molecular complexity index is 233. The van der Waals surface area contributed by atoms with Gasteiger partial charge in [0.15, 0.2) is 0 Å². The second-order valence-corrected chi connectivity index (χ2v) is 4.19. The summed E-state index contributed by atoms with van der Waals surface area (Å²) in [5, 5.41) is 8.95. The van der Waals surface area contributed by atoms with Gasteiger partial charge in [0, 0.05) is 0 Å². The summed E-state index contributed by atoms with van der Waals surface area (Å²) in [6.07, 6.45) is 5.63. The molecule has 0 amide bonds. The molecular formula is C13H23NO2. The number of carbonyl (C=O) groups excluding carboxylic acids is 1. The van der Waals surface area contributed by atoms with Crippen LogP contribution in [0.25, 0.3) is 0 Å². The van der Waals surface area contributed by atoms with E-state index in [4.69, 9.17) is 10.00 Å². The summed E-state index contributed by atoms with van der Waals surface area (Å²) in [7, 11) is 0. The van der Waals surface area contributed by atoms with Gasteiger partial charge in [0.1, 0.15) is 5.92 Å². The molecule has 0 radical (unpaired) electrons. The van der Waals surface area contributed by atoms with Crippen LogP contribution in [0.15, 0.2) is 0 Å². The van der Waals surface area contributed by atoms with Crippen LogP contribution in [0, 0.1) is 23.2 Å². The number of unbranched alkanes of at least 4 members (excludes halogenated alkanes) is 3. The van der Waals surface area contributed by atoms with Gasteiger partial charge in [0.2, 0.25) is 0 Å². The van der Waals surface area contributed by atoms with Crippen LogP contribution in [0.4, 0.5) is 0 Å². The summed E-state index contributed by atoms with van der Waals surface area (Å²) in [6.45, 7) is 6.23. The Hall–Kier alpha value is -1.04. The summed E-state index contributed by atoms with van der Waals surface area (Å²) in [5.41, 5.74) is 0. The highest BCUT2D eigenvalue weighted by atomic mass is 16.5. The molecule has 0 bridgehead atoms. The topological polar surface area (TPSA) is 50.1 Å². The van der Waals surface area contributed by atoms with Crippen molar-refractivity contribution >= 4 is 5.97 Å². The lowest BCUT2D eigenvalue weighted by Crippen LogP contribution is -2.22. The first-order chi connectivity index (χ1) is 7.67. The van der Waals surface area contributed by atoms with Gasteiger partial charge in [-0.2, -0.15) is 5.26 Å². The van der Waals surface area contributed by atoms with E-state index in [0.717, 1.165) is 12.8 Å². The molecule has 0 aromatic carbocycles. The fourth-order valence-corrected chi connectivity index (χ4v) is 1.70. The zero-order chi connectivity index (χ0) is 12.4. The first-order valence-electron chi connectivity index (χ1n) is 6.23. The Balaban J connectivity index is 3.97. The molecule has 0 rings (SSSR count). The molecule has 0 fully saturated rings. The predicted molar refractivity (Wildman–Crippen MR) is 63.7 cm³/mol. The van der Waals surface area contributed by atoms with E-state index in [2.05, 4.69) is 13.0 Å². The van der Waals surface area contributed by atoms with Crippen LogP contribution >= 0.6 is 0 Å². The number of nitrogens with zero attached hydrogens (tertiary/aromatic N) is 1. The number of rotatable bonds is 8. The third-order valence-electron chi connectivity index (χ3n) is 2.76. The highest BCUT2D eigenvalue weighted by Crippen LogP contribution is 2.20. The Labute approximate surface area is 98.8 Å². The molecule has 0 saturated carbocycles. The maximum absolute atomic E-state index is 11.5. The van der Waals surface area contributed by atoms with E-state index in [1.165, 1.54) is 19.3 Å². The molecule has 3 heteroatoms. The van der Waals surface area contributed by atoms with Crippen LogP contribution in [0.1, 0.15) is 52.9 Å². The molecule has 0 spiro atoms. The average molecular weight is 225 g/mol. The summed E-state index contributed by atoms with van der Waals surface area (Å²) >= 11 is 0. The number of nitriles is 1. The summed E-state index contributed by atoms with van der Waals surface area (Å²) < 4.78 is 4.88. The van der Waals surface area contributed by atoms with Crippen molar-refractivity contribution in [2.24, 2.45) is 11.8 Å². The normalized spacial score (nSPS) is 13.9. The highest BCUT2D eigenvalue weighted by Gasteiger charge is 2.25. The fraction of sp³-hybridized carbons (Fsp3) is 0.846. The van der Waals surface area contributed by atoms with Gasteiger partial charge in [0.05, 0.1) is 12.7 Å². The maximum atomic E-state index is 11.5. The Morgan fingerprint density at radius 1 is 1.31 bits per heavy atom. The highest BCUT2D eigenvalue weighted by molar-refractivity contribution is 5.75. The molecule has 2 atom stereocenters. The first kappa shape index (κ1) is 15.0. The Kier molecular flexibility index (Phi) is 8.61. The molecule has 0 aromatic heterocycles. The van der Waals surface area contributed by atoms with Crippen molar-refractivity contribution in [3.05, 3.63) is 0 Å². The number of carbonyl (C=O) groups is 1. The van der Waals surface area contributed by atoms with Gasteiger partial charge in [-0.25, -0.2) is 0 Å². The van der Waals surface area contributed by atoms with Crippen LogP contribution in [0.3, 0.4) is 0 Å². The van der Waals surface area contributed by atoms with Gasteiger partial charge < -0.3 is 4.74 Å². The van der Waals surface area contributed by atoms with E-state index in [0.29, 0.717) is 6.61 Å². The van der Waals surface area contributed by atoms with Crippen molar-refractivity contribution in [3.8, 4) is 6.07 Å². The van der Waals surface area contributed by atoms with Gasteiger partial charge in [-0.3, -0.25) is 4.79 Å². The number of hydrogen-bond acceptors (Lipinski definition) is 3. The smallest absolute Gasteiger partial charge is 0.323 e. The minimum absolute atomic E-state index is 0.0981. The SMILES string of the molecule is CCCCCC[C@H](C)[C@@H](C#N)C(=O)OCC. The molecule has 0 N–H and O–H groups in total. The molecule has 0 aliphatic rings. The van der Waals surface area contributed by atoms with E-state index < -0.39 is 5.92 Å². The zero-order valence-corrected chi connectivity index (χ0v) is 10.7. The maximum Gasteiger partial charge on any atom is 0.323 e. The van der Waals surface area contributed by atoms with Crippen molar-refractivity contribution in [2.75, 3.05) is 6.61 Å². The van der Waals surface area contributed by atoms with E-state index in [-0.39, 0.29) is 11.9 Å². The summed E-state index contributed by atoms with van der Waals surface area (Å²) in [5.74, 6) is -0.865. The Morgan fingerprint density at radius 2 is 2.00 bits per heavy atom. The molecule has 0 heterocycles. The standard InChI is InChI=1S/C13H23NO2/c1-4-6-7-8-9-11(3)12(10-14)13(15)16-5-2/h11-12H,4-9H2,1-3H3/t11-,12+/m0/s1. The largest absolute Gasteiger partial charge is 0.465 e. The third kappa shape index (κ3) is 5.75. The van der Waals surface area contributed by atoms with E-state index in [1.807, 2.05) is 6.92 Å². The molecule has 0 aliphatic heterocycles. The van der Waals surface area contributed by atoms with Crippen LogP contribution in [0.2, 0.25) is 0 Å².